The number of rotatable bonds is 2. The molecule has 6 nitrogen and oxygen atoms in total. The summed E-state index contributed by atoms with van der Waals surface area (Å²) >= 11 is 0. The molecule has 1 aromatic carbocycles. The van der Waals surface area contributed by atoms with Crippen molar-refractivity contribution in [3.63, 3.8) is 0 Å². The molecule has 3 rings (SSSR count). The summed E-state index contributed by atoms with van der Waals surface area (Å²) in [6.45, 7) is 0. The van der Waals surface area contributed by atoms with Gasteiger partial charge in [0.05, 0.1) is 5.69 Å². The molecular weight excluding hydrogens is 266 g/mol. The lowest BCUT2D eigenvalue weighted by molar-refractivity contribution is 0.244. The van der Waals surface area contributed by atoms with E-state index in [0.717, 1.165) is 22.4 Å². The standard InChI is InChI=1S/C15H13N5O/c1-16-15(21)20-8-14(19-10-20)12-4-2-3-11(5-12)13-6-17-9-18-7-13/h2-10H,1H3,(H,16,21). The fourth-order valence-corrected chi connectivity index (χ4v) is 2.02. The van der Waals surface area contributed by atoms with Crippen LogP contribution in [0.25, 0.3) is 22.4 Å². The van der Waals surface area contributed by atoms with Crippen LogP contribution in [0.3, 0.4) is 0 Å². The lowest BCUT2D eigenvalue weighted by Crippen LogP contribution is -2.22. The number of hydrogen-bond acceptors (Lipinski definition) is 4. The average molecular weight is 279 g/mol. The zero-order valence-electron chi connectivity index (χ0n) is 11.4. The summed E-state index contributed by atoms with van der Waals surface area (Å²) in [7, 11) is 1.58. The molecule has 0 saturated heterocycles. The SMILES string of the molecule is CNC(=O)n1cnc(-c2cccc(-c3cncnc3)c2)c1. The van der Waals surface area contributed by atoms with E-state index in [0.29, 0.717) is 0 Å². The Morgan fingerprint density at radius 3 is 2.67 bits per heavy atom. The molecule has 0 aliphatic heterocycles. The van der Waals surface area contributed by atoms with Crippen LogP contribution in [0.1, 0.15) is 0 Å². The van der Waals surface area contributed by atoms with E-state index >= 15 is 0 Å². The number of carbonyl (C=O) groups excluding carboxylic acids is 1. The van der Waals surface area contributed by atoms with Crippen LogP contribution in [0, 0.1) is 0 Å². The van der Waals surface area contributed by atoms with E-state index in [9.17, 15) is 4.79 Å². The maximum Gasteiger partial charge on any atom is 0.326 e. The van der Waals surface area contributed by atoms with Gasteiger partial charge in [0.2, 0.25) is 0 Å². The Labute approximate surface area is 121 Å². The fraction of sp³-hybridized carbons (Fsp3) is 0.0667. The molecule has 104 valence electrons. The first kappa shape index (κ1) is 13.0. The van der Waals surface area contributed by atoms with Crippen molar-refractivity contribution in [1.29, 1.82) is 0 Å². The van der Waals surface area contributed by atoms with Gasteiger partial charge in [-0.25, -0.2) is 19.7 Å². The molecule has 0 saturated carbocycles. The summed E-state index contributed by atoms with van der Waals surface area (Å²) in [5, 5.41) is 2.55. The first-order valence-electron chi connectivity index (χ1n) is 6.40. The van der Waals surface area contributed by atoms with E-state index in [4.69, 9.17) is 0 Å². The topological polar surface area (TPSA) is 72.7 Å². The van der Waals surface area contributed by atoms with Crippen LogP contribution in [0.2, 0.25) is 0 Å². The Morgan fingerprint density at radius 2 is 1.90 bits per heavy atom. The molecule has 0 unspecified atom stereocenters. The highest BCUT2D eigenvalue weighted by atomic mass is 16.2. The maximum absolute atomic E-state index is 11.5. The molecule has 0 aliphatic rings. The van der Waals surface area contributed by atoms with Gasteiger partial charge in [0.1, 0.15) is 12.7 Å². The molecule has 1 amide bonds. The second-order valence-corrected chi connectivity index (χ2v) is 4.43. The van der Waals surface area contributed by atoms with Crippen molar-refractivity contribution in [2.45, 2.75) is 0 Å². The summed E-state index contributed by atoms with van der Waals surface area (Å²) in [6, 6.07) is 7.65. The lowest BCUT2D eigenvalue weighted by atomic mass is 10.0. The highest BCUT2D eigenvalue weighted by Gasteiger charge is 2.07. The molecule has 6 heteroatoms. The number of amides is 1. The normalized spacial score (nSPS) is 10.3. The number of hydrogen-bond donors (Lipinski definition) is 1. The van der Waals surface area contributed by atoms with Crippen molar-refractivity contribution in [3.8, 4) is 22.4 Å². The predicted octanol–water partition coefficient (Wildman–Crippen LogP) is 2.19. The van der Waals surface area contributed by atoms with E-state index in [1.165, 1.54) is 17.2 Å². The number of aromatic nitrogens is 4. The largest absolute Gasteiger partial charge is 0.340 e. The molecule has 0 fully saturated rings. The summed E-state index contributed by atoms with van der Waals surface area (Å²) < 4.78 is 1.41. The minimum Gasteiger partial charge on any atom is -0.340 e. The first-order valence-corrected chi connectivity index (χ1v) is 6.40. The maximum atomic E-state index is 11.5. The Morgan fingerprint density at radius 1 is 1.14 bits per heavy atom. The summed E-state index contributed by atoms with van der Waals surface area (Å²) in [5.41, 5.74) is 3.60. The van der Waals surface area contributed by atoms with Gasteiger partial charge in [0.25, 0.3) is 0 Å². The zero-order valence-corrected chi connectivity index (χ0v) is 11.4. The smallest absolute Gasteiger partial charge is 0.326 e. The van der Waals surface area contributed by atoms with Gasteiger partial charge in [0.15, 0.2) is 0 Å². The van der Waals surface area contributed by atoms with Crippen LogP contribution >= 0.6 is 0 Å². The third-order valence-corrected chi connectivity index (χ3v) is 3.08. The van der Waals surface area contributed by atoms with Crippen molar-refractivity contribution in [2.75, 3.05) is 7.05 Å². The zero-order chi connectivity index (χ0) is 14.7. The monoisotopic (exact) mass is 279 g/mol. The van der Waals surface area contributed by atoms with Crippen LogP contribution < -0.4 is 5.32 Å². The molecule has 0 spiro atoms. The van der Waals surface area contributed by atoms with Gasteiger partial charge >= 0.3 is 6.03 Å². The molecule has 21 heavy (non-hydrogen) atoms. The van der Waals surface area contributed by atoms with Crippen molar-refractivity contribution in [2.24, 2.45) is 0 Å². The van der Waals surface area contributed by atoms with Crippen molar-refractivity contribution in [3.05, 3.63) is 55.5 Å². The lowest BCUT2D eigenvalue weighted by Gasteiger charge is -2.03. The van der Waals surface area contributed by atoms with Crippen LogP contribution in [-0.2, 0) is 0 Å². The highest BCUT2D eigenvalue weighted by Crippen LogP contribution is 2.24. The number of benzene rings is 1. The number of imidazole rings is 1. The van der Waals surface area contributed by atoms with Crippen molar-refractivity contribution < 1.29 is 4.79 Å². The minimum atomic E-state index is -0.221. The van der Waals surface area contributed by atoms with Gasteiger partial charge in [-0.15, -0.1) is 0 Å². The Hall–Kier alpha value is -3.02. The van der Waals surface area contributed by atoms with E-state index in [1.807, 2.05) is 24.3 Å². The molecule has 0 radical (unpaired) electrons. The Balaban J connectivity index is 1.97. The molecule has 0 atom stereocenters. The van der Waals surface area contributed by atoms with Gasteiger partial charge in [0, 0.05) is 36.8 Å². The molecule has 0 bridgehead atoms. The third kappa shape index (κ3) is 2.64. The van der Waals surface area contributed by atoms with Gasteiger partial charge < -0.3 is 5.32 Å². The first-order chi connectivity index (χ1) is 10.3. The fourth-order valence-electron chi connectivity index (χ4n) is 2.02. The van der Waals surface area contributed by atoms with E-state index in [2.05, 4.69) is 20.3 Å². The molecule has 2 aromatic heterocycles. The van der Waals surface area contributed by atoms with E-state index < -0.39 is 0 Å². The second-order valence-electron chi connectivity index (χ2n) is 4.43. The van der Waals surface area contributed by atoms with Crippen LogP contribution in [0.4, 0.5) is 4.79 Å². The number of carbonyl (C=O) groups is 1. The van der Waals surface area contributed by atoms with Crippen LogP contribution in [-0.4, -0.2) is 32.6 Å². The molecular formula is C15H13N5O. The van der Waals surface area contributed by atoms with E-state index in [1.54, 1.807) is 25.6 Å². The Kier molecular flexibility index (Phi) is 3.42. The average Bonchev–Trinajstić information content (AvgIpc) is 3.05. The van der Waals surface area contributed by atoms with Gasteiger partial charge in [-0.3, -0.25) is 4.57 Å². The van der Waals surface area contributed by atoms with Crippen molar-refractivity contribution >= 4 is 6.03 Å². The quantitative estimate of drug-likeness (QED) is 0.780. The van der Waals surface area contributed by atoms with Gasteiger partial charge in [-0.2, -0.15) is 0 Å². The molecule has 2 heterocycles. The summed E-state index contributed by atoms with van der Waals surface area (Å²) in [6.07, 6.45) is 8.20. The summed E-state index contributed by atoms with van der Waals surface area (Å²) in [4.78, 5) is 23.8. The highest BCUT2D eigenvalue weighted by molar-refractivity contribution is 5.78. The van der Waals surface area contributed by atoms with E-state index in [-0.39, 0.29) is 6.03 Å². The summed E-state index contributed by atoms with van der Waals surface area (Å²) in [5.74, 6) is 0. The third-order valence-electron chi connectivity index (χ3n) is 3.08. The number of nitrogens with one attached hydrogen (secondary N) is 1. The van der Waals surface area contributed by atoms with Crippen LogP contribution in [0.5, 0.6) is 0 Å². The van der Waals surface area contributed by atoms with Gasteiger partial charge in [-0.1, -0.05) is 18.2 Å². The van der Waals surface area contributed by atoms with Gasteiger partial charge in [-0.05, 0) is 11.6 Å². The molecule has 1 N–H and O–H groups in total. The predicted molar refractivity (Wildman–Crippen MR) is 78.5 cm³/mol. The minimum absolute atomic E-state index is 0.221. The second kappa shape index (κ2) is 5.54. The Bertz CT molecular complexity index is 766. The number of nitrogens with zero attached hydrogens (tertiary/aromatic N) is 4. The van der Waals surface area contributed by atoms with Crippen LogP contribution in [0.15, 0.2) is 55.5 Å². The van der Waals surface area contributed by atoms with Crippen molar-refractivity contribution in [1.82, 2.24) is 24.8 Å². The molecule has 3 aromatic rings. The molecule has 0 aliphatic carbocycles.